The van der Waals surface area contributed by atoms with Crippen LogP contribution in [0.25, 0.3) is 6.08 Å². The van der Waals surface area contributed by atoms with Gasteiger partial charge in [0.05, 0.1) is 10.2 Å². The fraction of sp³-hybridized carbons (Fsp3) is 0.444. The second kappa shape index (κ2) is 3.49. The molecule has 0 saturated heterocycles. The van der Waals surface area contributed by atoms with Gasteiger partial charge in [0, 0.05) is 12.8 Å². The van der Waals surface area contributed by atoms with Crippen molar-refractivity contribution < 1.29 is 9.84 Å². The van der Waals surface area contributed by atoms with Crippen molar-refractivity contribution in [3.8, 4) is 0 Å². The number of halogens is 1. The maximum atomic E-state index is 10.1. The molecular formula is C9H11BrN2O2. The topological polar surface area (TPSA) is 47.3 Å². The lowest BCUT2D eigenvalue weighted by Crippen LogP contribution is -2.40. The number of aliphatic hydroxyl groups is 1. The molecule has 1 atom stereocenters. The van der Waals surface area contributed by atoms with Gasteiger partial charge in [0.1, 0.15) is 6.54 Å². The Morgan fingerprint density at radius 1 is 1.79 bits per heavy atom. The molecule has 0 radical (unpaired) electrons. The van der Waals surface area contributed by atoms with Gasteiger partial charge >= 0.3 is 0 Å². The lowest BCUT2D eigenvalue weighted by Gasteiger charge is -2.30. The SMILES string of the molecule is CCOC1(O)Cn2nccc2C=C1Br. The molecule has 2 rings (SSSR count). The van der Waals surface area contributed by atoms with E-state index in [9.17, 15) is 5.11 Å². The van der Waals surface area contributed by atoms with Crippen molar-refractivity contribution in [2.75, 3.05) is 6.61 Å². The maximum Gasteiger partial charge on any atom is 0.219 e. The summed E-state index contributed by atoms with van der Waals surface area (Å²) >= 11 is 3.31. The largest absolute Gasteiger partial charge is 0.360 e. The van der Waals surface area contributed by atoms with Gasteiger partial charge in [-0.3, -0.25) is 4.68 Å². The fourth-order valence-electron chi connectivity index (χ4n) is 1.47. The zero-order chi connectivity index (χ0) is 10.2. The average Bonchev–Trinajstić information content (AvgIpc) is 2.53. The highest BCUT2D eigenvalue weighted by atomic mass is 79.9. The molecule has 1 N–H and O–H groups in total. The highest BCUT2D eigenvalue weighted by Crippen LogP contribution is 2.32. The van der Waals surface area contributed by atoms with E-state index < -0.39 is 5.79 Å². The summed E-state index contributed by atoms with van der Waals surface area (Å²) in [7, 11) is 0. The van der Waals surface area contributed by atoms with Crippen LogP contribution in [-0.4, -0.2) is 27.3 Å². The van der Waals surface area contributed by atoms with Gasteiger partial charge in [-0.25, -0.2) is 0 Å². The Kier molecular flexibility index (Phi) is 2.47. The van der Waals surface area contributed by atoms with Gasteiger partial charge in [-0.15, -0.1) is 0 Å². The van der Waals surface area contributed by atoms with Crippen LogP contribution in [0.4, 0.5) is 0 Å². The first-order valence-electron chi connectivity index (χ1n) is 4.41. The molecule has 0 saturated carbocycles. The maximum absolute atomic E-state index is 10.1. The van der Waals surface area contributed by atoms with Crippen molar-refractivity contribution in [3.05, 3.63) is 22.4 Å². The van der Waals surface area contributed by atoms with Crippen molar-refractivity contribution in [2.45, 2.75) is 19.3 Å². The quantitative estimate of drug-likeness (QED) is 0.816. The van der Waals surface area contributed by atoms with Crippen molar-refractivity contribution in [3.63, 3.8) is 0 Å². The van der Waals surface area contributed by atoms with Gasteiger partial charge in [0.2, 0.25) is 5.79 Å². The van der Waals surface area contributed by atoms with Gasteiger partial charge in [-0.05, 0) is 35.0 Å². The second-order valence-corrected chi connectivity index (χ2v) is 3.98. The smallest absolute Gasteiger partial charge is 0.219 e. The molecule has 0 bridgehead atoms. The van der Waals surface area contributed by atoms with E-state index in [4.69, 9.17) is 4.74 Å². The number of nitrogens with zero attached hydrogens (tertiary/aromatic N) is 2. The van der Waals surface area contributed by atoms with Crippen LogP contribution >= 0.6 is 15.9 Å². The van der Waals surface area contributed by atoms with E-state index in [2.05, 4.69) is 21.0 Å². The fourth-order valence-corrected chi connectivity index (χ4v) is 1.95. The molecule has 1 unspecified atom stereocenters. The Bertz CT molecular complexity index is 375. The number of rotatable bonds is 2. The Balaban J connectivity index is 2.35. The Morgan fingerprint density at radius 2 is 2.57 bits per heavy atom. The van der Waals surface area contributed by atoms with E-state index in [1.165, 1.54) is 0 Å². The van der Waals surface area contributed by atoms with Crippen molar-refractivity contribution >= 4 is 22.0 Å². The minimum atomic E-state index is -1.27. The number of hydrogen-bond acceptors (Lipinski definition) is 3. The van der Waals surface area contributed by atoms with Gasteiger partial charge in [0.25, 0.3) is 0 Å². The highest BCUT2D eigenvalue weighted by Gasteiger charge is 2.35. The summed E-state index contributed by atoms with van der Waals surface area (Å²) in [4.78, 5) is 0. The molecule has 14 heavy (non-hydrogen) atoms. The number of hydrogen-bond donors (Lipinski definition) is 1. The predicted octanol–water partition coefficient (Wildman–Crippen LogP) is 1.36. The summed E-state index contributed by atoms with van der Waals surface area (Å²) in [6, 6.07) is 1.88. The lowest BCUT2D eigenvalue weighted by molar-refractivity contribution is -0.176. The first-order valence-corrected chi connectivity index (χ1v) is 5.21. The third-order valence-corrected chi connectivity index (χ3v) is 2.99. The van der Waals surface area contributed by atoms with Crippen LogP contribution in [0.5, 0.6) is 0 Å². The second-order valence-electron chi connectivity index (χ2n) is 3.12. The van der Waals surface area contributed by atoms with Gasteiger partial charge in [0.15, 0.2) is 0 Å². The van der Waals surface area contributed by atoms with Crippen LogP contribution in [0.1, 0.15) is 12.6 Å². The molecule has 1 aromatic heterocycles. The molecule has 1 aliphatic rings. The first-order chi connectivity index (χ1) is 6.65. The van der Waals surface area contributed by atoms with Gasteiger partial charge < -0.3 is 9.84 Å². The van der Waals surface area contributed by atoms with Crippen molar-refractivity contribution in [1.82, 2.24) is 9.78 Å². The monoisotopic (exact) mass is 258 g/mol. The summed E-state index contributed by atoms with van der Waals surface area (Å²) in [6.45, 7) is 2.62. The van der Waals surface area contributed by atoms with Crippen LogP contribution in [-0.2, 0) is 11.3 Å². The molecule has 5 heteroatoms. The van der Waals surface area contributed by atoms with Gasteiger partial charge in [-0.1, -0.05) is 0 Å². The van der Waals surface area contributed by atoms with Crippen LogP contribution < -0.4 is 0 Å². The standard InChI is InChI=1S/C9H11BrN2O2/c1-2-14-9(13)6-12-7(3-4-11-12)5-8(9)10/h3-5,13H,2,6H2,1H3. The molecule has 0 amide bonds. The highest BCUT2D eigenvalue weighted by molar-refractivity contribution is 9.11. The van der Waals surface area contributed by atoms with Gasteiger partial charge in [-0.2, -0.15) is 5.10 Å². The summed E-state index contributed by atoms with van der Waals surface area (Å²) in [6.07, 6.45) is 3.51. The molecule has 0 fully saturated rings. The molecule has 1 aromatic rings. The average molecular weight is 259 g/mol. The Labute approximate surface area is 90.3 Å². The van der Waals surface area contributed by atoms with E-state index in [-0.39, 0.29) is 0 Å². The van der Waals surface area contributed by atoms with Crippen LogP contribution in [0.15, 0.2) is 16.7 Å². The number of aromatic nitrogens is 2. The number of ether oxygens (including phenoxy) is 1. The first kappa shape index (κ1) is 9.89. The molecule has 0 aromatic carbocycles. The summed E-state index contributed by atoms with van der Waals surface area (Å²) in [5, 5.41) is 14.2. The normalized spacial score (nSPS) is 25.8. The van der Waals surface area contributed by atoms with Crippen LogP contribution in [0.3, 0.4) is 0 Å². The molecule has 0 spiro atoms. The zero-order valence-electron chi connectivity index (χ0n) is 7.77. The Morgan fingerprint density at radius 3 is 3.29 bits per heavy atom. The predicted molar refractivity (Wildman–Crippen MR) is 55.7 cm³/mol. The summed E-state index contributed by atoms with van der Waals surface area (Å²) in [5.74, 6) is -1.27. The Hall–Kier alpha value is -0.650. The van der Waals surface area contributed by atoms with Crippen LogP contribution in [0, 0.1) is 0 Å². The number of fused-ring (bicyclic) bond motifs is 1. The third-order valence-electron chi connectivity index (χ3n) is 2.14. The lowest BCUT2D eigenvalue weighted by atomic mass is 10.1. The molecule has 4 nitrogen and oxygen atoms in total. The molecule has 0 aliphatic carbocycles. The van der Waals surface area contributed by atoms with E-state index in [0.717, 1.165) is 5.69 Å². The molecular weight excluding hydrogens is 248 g/mol. The summed E-state index contributed by atoms with van der Waals surface area (Å²) in [5.41, 5.74) is 0.959. The minimum Gasteiger partial charge on any atom is -0.360 e. The van der Waals surface area contributed by atoms with E-state index in [1.54, 1.807) is 10.9 Å². The van der Waals surface area contributed by atoms with E-state index in [0.29, 0.717) is 17.6 Å². The minimum absolute atomic E-state index is 0.320. The molecule has 1 aliphatic heterocycles. The molecule has 76 valence electrons. The zero-order valence-corrected chi connectivity index (χ0v) is 9.36. The van der Waals surface area contributed by atoms with E-state index in [1.807, 2.05) is 19.1 Å². The van der Waals surface area contributed by atoms with E-state index >= 15 is 0 Å². The molecule has 2 heterocycles. The third kappa shape index (κ3) is 1.51. The van der Waals surface area contributed by atoms with Crippen LogP contribution in [0.2, 0.25) is 0 Å². The summed E-state index contributed by atoms with van der Waals surface area (Å²) < 4.78 is 7.64. The van der Waals surface area contributed by atoms with Crippen molar-refractivity contribution in [1.29, 1.82) is 0 Å². The van der Waals surface area contributed by atoms with Crippen molar-refractivity contribution in [2.24, 2.45) is 0 Å².